The van der Waals surface area contributed by atoms with Crippen molar-refractivity contribution in [3.8, 4) is 0 Å². The van der Waals surface area contributed by atoms with Gasteiger partial charge in [-0.25, -0.2) is 0 Å². The topological polar surface area (TPSA) is 15.3 Å². The maximum absolute atomic E-state index is 3.48. The van der Waals surface area contributed by atoms with Crippen LogP contribution in [0.4, 0.5) is 0 Å². The number of benzene rings is 1. The summed E-state index contributed by atoms with van der Waals surface area (Å²) in [6, 6.07) is 0.593. The SMILES string of the molecule is CCC[C@@H](c1c(C)c(C)c(C)c(C)c1C)N1CCNCC1. The Morgan fingerprint density at radius 1 is 0.857 bits per heavy atom. The highest BCUT2D eigenvalue weighted by atomic mass is 15.2. The Balaban J connectivity index is 2.49. The number of nitrogens with zero attached hydrogens (tertiary/aromatic N) is 1. The molecule has 0 radical (unpaired) electrons. The van der Waals surface area contributed by atoms with Crippen LogP contribution in [0.5, 0.6) is 0 Å². The number of nitrogens with one attached hydrogen (secondary N) is 1. The Labute approximate surface area is 130 Å². The van der Waals surface area contributed by atoms with Gasteiger partial charge in [0.15, 0.2) is 0 Å². The third-order valence-corrected chi connectivity index (χ3v) is 5.55. The van der Waals surface area contributed by atoms with Crippen molar-refractivity contribution in [3.05, 3.63) is 33.4 Å². The first-order valence-electron chi connectivity index (χ1n) is 8.50. The van der Waals surface area contributed by atoms with E-state index < -0.39 is 0 Å². The van der Waals surface area contributed by atoms with E-state index in [1.165, 1.54) is 53.7 Å². The summed E-state index contributed by atoms with van der Waals surface area (Å²) in [7, 11) is 0. The second-order valence-electron chi connectivity index (χ2n) is 6.63. The maximum Gasteiger partial charge on any atom is 0.0354 e. The average molecular weight is 288 g/mol. The Hall–Kier alpha value is -0.860. The van der Waals surface area contributed by atoms with E-state index in [1.807, 2.05) is 0 Å². The van der Waals surface area contributed by atoms with E-state index in [4.69, 9.17) is 0 Å². The first kappa shape index (κ1) is 16.5. The molecule has 1 aromatic rings. The van der Waals surface area contributed by atoms with Crippen LogP contribution in [0.15, 0.2) is 0 Å². The second kappa shape index (κ2) is 6.93. The minimum Gasteiger partial charge on any atom is -0.314 e. The van der Waals surface area contributed by atoms with E-state index in [-0.39, 0.29) is 0 Å². The van der Waals surface area contributed by atoms with Crippen LogP contribution in [0.25, 0.3) is 0 Å². The average Bonchev–Trinajstić information content (AvgIpc) is 2.51. The lowest BCUT2D eigenvalue weighted by Crippen LogP contribution is -2.45. The summed E-state index contributed by atoms with van der Waals surface area (Å²) in [5, 5.41) is 3.48. The first-order chi connectivity index (χ1) is 9.99. The largest absolute Gasteiger partial charge is 0.314 e. The molecule has 1 fully saturated rings. The summed E-state index contributed by atoms with van der Waals surface area (Å²) in [6.07, 6.45) is 2.52. The van der Waals surface area contributed by atoms with Crippen LogP contribution in [-0.4, -0.2) is 31.1 Å². The highest BCUT2D eigenvalue weighted by Crippen LogP contribution is 2.35. The number of hydrogen-bond acceptors (Lipinski definition) is 2. The quantitative estimate of drug-likeness (QED) is 0.901. The lowest BCUT2D eigenvalue weighted by Gasteiger charge is -2.37. The Bertz CT molecular complexity index is 470. The molecule has 2 rings (SSSR count). The standard InChI is InChI=1S/C19H32N2/c1-7-8-18(21-11-9-20-10-12-21)19-16(5)14(3)13(2)15(4)17(19)6/h18,20H,7-12H2,1-6H3/t18-/m0/s1. The van der Waals surface area contributed by atoms with Crippen molar-refractivity contribution in [3.63, 3.8) is 0 Å². The van der Waals surface area contributed by atoms with Crippen molar-refractivity contribution < 1.29 is 0 Å². The van der Waals surface area contributed by atoms with Crippen molar-refractivity contribution in [2.24, 2.45) is 0 Å². The third-order valence-electron chi connectivity index (χ3n) is 5.55. The van der Waals surface area contributed by atoms with Crippen LogP contribution in [0.1, 0.15) is 59.2 Å². The minimum atomic E-state index is 0.593. The van der Waals surface area contributed by atoms with E-state index in [1.54, 1.807) is 5.56 Å². The van der Waals surface area contributed by atoms with Gasteiger partial charge in [-0.2, -0.15) is 0 Å². The zero-order valence-electron chi connectivity index (χ0n) is 14.8. The summed E-state index contributed by atoms with van der Waals surface area (Å²) in [4.78, 5) is 2.70. The van der Waals surface area contributed by atoms with Crippen LogP contribution < -0.4 is 5.32 Å². The maximum atomic E-state index is 3.48. The molecule has 0 spiro atoms. The number of piperazine rings is 1. The van der Waals surface area contributed by atoms with Crippen molar-refractivity contribution in [2.75, 3.05) is 26.2 Å². The molecule has 118 valence electrons. The Morgan fingerprint density at radius 3 is 1.81 bits per heavy atom. The zero-order valence-corrected chi connectivity index (χ0v) is 14.8. The Morgan fingerprint density at radius 2 is 1.33 bits per heavy atom. The van der Waals surface area contributed by atoms with Crippen LogP contribution in [0.3, 0.4) is 0 Å². The van der Waals surface area contributed by atoms with Crippen LogP contribution in [-0.2, 0) is 0 Å². The smallest absolute Gasteiger partial charge is 0.0354 e. The fourth-order valence-corrected chi connectivity index (χ4v) is 3.81. The first-order valence-corrected chi connectivity index (χ1v) is 8.50. The van der Waals surface area contributed by atoms with Crippen LogP contribution >= 0.6 is 0 Å². The fraction of sp³-hybridized carbons (Fsp3) is 0.684. The molecule has 0 bridgehead atoms. The Kier molecular flexibility index (Phi) is 5.45. The zero-order chi connectivity index (χ0) is 15.6. The molecule has 21 heavy (non-hydrogen) atoms. The van der Waals surface area contributed by atoms with Gasteiger partial charge in [-0.15, -0.1) is 0 Å². The van der Waals surface area contributed by atoms with E-state index in [9.17, 15) is 0 Å². The highest BCUT2D eigenvalue weighted by Gasteiger charge is 2.26. The summed E-state index contributed by atoms with van der Waals surface area (Å²) >= 11 is 0. The third kappa shape index (κ3) is 3.17. The van der Waals surface area contributed by atoms with Crippen LogP contribution in [0.2, 0.25) is 0 Å². The minimum absolute atomic E-state index is 0.593. The number of rotatable bonds is 4. The van der Waals surface area contributed by atoms with E-state index in [0.29, 0.717) is 6.04 Å². The van der Waals surface area contributed by atoms with Gasteiger partial charge in [0.05, 0.1) is 0 Å². The summed E-state index contributed by atoms with van der Waals surface area (Å²) in [6.45, 7) is 18.4. The molecule has 1 heterocycles. The molecular weight excluding hydrogens is 256 g/mol. The van der Waals surface area contributed by atoms with Gasteiger partial charge < -0.3 is 5.32 Å². The van der Waals surface area contributed by atoms with Crippen molar-refractivity contribution in [2.45, 2.75) is 60.4 Å². The predicted octanol–water partition coefficient (Wildman–Crippen LogP) is 3.98. The van der Waals surface area contributed by atoms with E-state index in [2.05, 4.69) is 51.8 Å². The van der Waals surface area contributed by atoms with Crippen LogP contribution in [0, 0.1) is 34.6 Å². The highest BCUT2D eigenvalue weighted by molar-refractivity contribution is 5.50. The molecule has 0 aromatic heterocycles. The molecule has 1 atom stereocenters. The molecule has 0 saturated carbocycles. The normalized spacial score (nSPS) is 18.0. The molecular formula is C19H32N2. The molecule has 2 heteroatoms. The van der Waals surface area contributed by atoms with Gasteiger partial charge >= 0.3 is 0 Å². The molecule has 1 saturated heterocycles. The van der Waals surface area contributed by atoms with Gasteiger partial charge in [0.2, 0.25) is 0 Å². The lowest BCUT2D eigenvalue weighted by molar-refractivity contribution is 0.163. The van der Waals surface area contributed by atoms with Gasteiger partial charge in [0.1, 0.15) is 0 Å². The monoisotopic (exact) mass is 288 g/mol. The molecule has 0 aliphatic carbocycles. The molecule has 1 aliphatic rings. The van der Waals surface area contributed by atoms with Crippen molar-refractivity contribution in [1.82, 2.24) is 10.2 Å². The fourth-order valence-electron chi connectivity index (χ4n) is 3.81. The predicted molar refractivity (Wildman–Crippen MR) is 92.2 cm³/mol. The molecule has 0 unspecified atom stereocenters. The van der Waals surface area contributed by atoms with Gasteiger partial charge in [0, 0.05) is 32.2 Å². The van der Waals surface area contributed by atoms with Gasteiger partial charge in [-0.1, -0.05) is 13.3 Å². The van der Waals surface area contributed by atoms with Crippen molar-refractivity contribution in [1.29, 1.82) is 0 Å². The summed E-state index contributed by atoms with van der Waals surface area (Å²) in [5.74, 6) is 0. The summed E-state index contributed by atoms with van der Waals surface area (Å²) < 4.78 is 0. The summed E-state index contributed by atoms with van der Waals surface area (Å²) in [5.41, 5.74) is 9.11. The van der Waals surface area contributed by atoms with Gasteiger partial charge in [0.25, 0.3) is 0 Å². The molecule has 1 N–H and O–H groups in total. The molecule has 1 aliphatic heterocycles. The van der Waals surface area contributed by atoms with E-state index in [0.717, 1.165) is 13.1 Å². The number of hydrogen-bond donors (Lipinski definition) is 1. The van der Waals surface area contributed by atoms with Gasteiger partial charge in [-0.05, 0) is 74.4 Å². The van der Waals surface area contributed by atoms with Crippen molar-refractivity contribution >= 4 is 0 Å². The van der Waals surface area contributed by atoms with E-state index >= 15 is 0 Å². The molecule has 1 aromatic carbocycles. The lowest BCUT2D eigenvalue weighted by atomic mass is 9.84. The van der Waals surface area contributed by atoms with Gasteiger partial charge in [-0.3, -0.25) is 4.90 Å². The second-order valence-corrected chi connectivity index (χ2v) is 6.63. The molecule has 0 amide bonds. The molecule has 2 nitrogen and oxygen atoms in total.